The molecule has 1 aromatic heterocycles. The van der Waals surface area contributed by atoms with Gasteiger partial charge in [0, 0.05) is 17.3 Å². The van der Waals surface area contributed by atoms with Gasteiger partial charge in [0.15, 0.2) is 0 Å². The highest BCUT2D eigenvalue weighted by molar-refractivity contribution is 5.71. The van der Waals surface area contributed by atoms with Gasteiger partial charge in [0.2, 0.25) is 0 Å². The van der Waals surface area contributed by atoms with Gasteiger partial charge in [-0.05, 0) is 26.7 Å². The maximum Gasteiger partial charge on any atom is 0.307 e. The minimum atomic E-state index is -0.785. The summed E-state index contributed by atoms with van der Waals surface area (Å²) in [5.41, 5.74) is 2.90. The highest BCUT2D eigenvalue weighted by Crippen LogP contribution is 2.20. The number of nitrogens with zero attached hydrogens (tertiary/aromatic N) is 2. The number of carboxylic acids is 1. The van der Waals surface area contributed by atoms with Crippen molar-refractivity contribution >= 4 is 5.97 Å². The predicted molar refractivity (Wildman–Crippen MR) is 62.7 cm³/mol. The molecule has 0 aliphatic heterocycles. The van der Waals surface area contributed by atoms with Crippen molar-refractivity contribution in [1.29, 1.82) is 0 Å². The molecule has 0 radical (unpaired) electrons. The lowest BCUT2D eigenvalue weighted by Crippen LogP contribution is -2.09. The summed E-state index contributed by atoms with van der Waals surface area (Å²) in [6, 6.07) is 0.280. The van der Waals surface area contributed by atoms with E-state index in [0.717, 1.165) is 29.8 Å². The van der Waals surface area contributed by atoms with E-state index in [-0.39, 0.29) is 12.5 Å². The molecular formula is C12H20N2O2. The molecule has 1 heterocycles. The molecule has 0 spiro atoms. The third-order valence-corrected chi connectivity index (χ3v) is 2.69. The highest BCUT2D eigenvalue weighted by atomic mass is 16.4. The second-order valence-corrected chi connectivity index (χ2v) is 4.19. The van der Waals surface area contributed by atoms with Gasteiger partial charge in [0.1, 0.15) is 0 Å². The number of carboxylic acid groups (broad SMARTS) is 1. The first-order valence-corrected chi connectivity index (χ1v) is 5.82. The molecule has 0 aliphatic rings. The van der Waals surface area contributed by atoms with Crippen LogP contribution in [0.3, 0.4) is 0 Å². The van der Waals surface area contributed by atoms with Crippen molar-refractivity contribution in [3.8, 4) is 0 Å². The maximum absolute atomic E-state index is 10.8. The van der Waals surface area contributed by atoms with Gasteiger partial charge < -0.3 is 5.11 Å². The standard InChI is InChI=1S/C12H20N2O2/c1-5-10-9(7-12(15)16)11(6-2)14(13-10)8(3)4/h8H,5-7H2,1-4H3,(H,15,16). The zero-order valence-electron chi connectivity index (χ0n) is 10.4. The summed E-state index contributed by atoms with van der Waals surface area (Å²) in [7, 11) is 0. The first kappa shape index (κ1) is 12.7. The Hall–Kier alpha value is -1.32. The van der Waals surface area contributed by atoms with E-state index in [1.165, 1.54) is 0 Å². The molecular weight excluding hydrogens is 204 g/mol. The van der Waals surface area contributed by atoms with Crippen molar-refractivity contribution in [2.45, 2.75) is 53.0 Å². The molecule has 16 heavy (non-hydrogen) atoms. The Balaban J connectivity index is 3.25. The number of carbonyl (C=O) groups is 1. The van der Waals surface area contributed by atoms with Crippen molar-refractivity contribution in [2.24, 2.45) is 0 Å². The molecule has 1 N–H and O–H groups in total. The first-order valence-electron chi connectivity index (χ1n) is 5.82. The number of hydrogen-bond donors (Lipinski definition) is 1. The molecule has 0 atom stereocenters. The zero-order chi connectivity index (χ0) is 12.3. The second kappa shape index (κ2) is 5.14. The van der Waals surface area contributed by atoms with Crippen LogP contribution >= 0.6 is 0 Å². The van der Waals surface area contributed by atoms with E-state index in [2.05, 4.69) is 18.9 Å². The number of aliphatic carboxylic acids is 1. The topological polar surface area (TPSA) is 55.1 Å². The van der Waals surface area contributed by atoms with Crippen LogP contribution in [-0.2, 0) is 24.1 Å². The normalized spacial score (nSPS) is 11.1. The van der Waals surface area contributed by atoms with Crippen LogP contribution in [0.25, 0.3) is 0 Å². The highest BCUT2D eigenvalue weighted by Gasteiger charge is 2.18. The van der Waals surface area contributed by atoms with E-state index in [0.29, 0.717) is 0 Å². The zero-order valence-corrected chi connectivity index (χ0v) is 10.4. The third-order valence-electron chi connectivity index (χ3n) is 2.69. The van der Waals surface area contributed by atoms with Gasteiger partial charge in [-0.2, -0.15) is 5.10 Å². The van der Waals surface area contributed by atoms with Gasteiger partial charge in [-0.25, -0.2) is 0 Å². The molecule has 0 amide bonds. The summed E-state index contributed by atoms with van der Waals surface area (Å²) in [5, 5.41) is 13.4. The summed E-state index contributed by atoms with van der Waals surface area (Å²) in [6.07, 6.45) is 1.70. The summed E-state index contributed by atoms with van der Waals surface area (Å²) in [5.74, 6) is -0.785. The summed E-state index contributed by atoms with van der Waals surface area (Å²) in [4.78, 5) is 10.8. The quantitative estimate of drug-likeness (QED) is 0.834. The van der Waals surface area contributed by atoms with Crippen LogP contribution in [0.1, 0.15) is 50.7 Å². The molecule has 4 heteroatoms. The fourth-order valence-electron chi connectivity index (χ4n) is 2.00. The molecule has 1 rings (SSSR count). The van der Waals surface area contributed by atoms with Crippen LogP contribution < -0.4 is 0 Å². The van der Waals surface area contributed by atoms with E-state index in [4.69, 9.17) is 5.11 Å². The van der Waals surface area contributed by atoms with Crippen molar-refractivity contribution in [3.05, 3.63) is 17.0 Å². The number of aromatic nitrogens is 2. The lowest BCUT2D eigenvalue weighted by molar-refractivity contribution is -0.136. The predicted octanol–water partition coefficient (Wildman–Crippen LogP) is 2.22. The molecule has 90 valence electrons. The molecule has 0 fully saturated rings. The Morgan fingerprint density at radius 2 is 2.00 bits per heavy atom. The SMILES string of the molecule is CCc1nn(C(C)C)c(CC)c1CC(=O)O. The lowest BCUT2D eigenvalue weighted by atomic mass is 10.1. The number of rotatable bonds is 5. The van der Waals surface area contributed by atoms with Gasteiger partial charge in [0.25, 0.3) is 0 Å². The van der Waals surface area contributed by atoms with Crippen LogP contribution in [-0.4, -0.2) is 20.9 Å². The Labute approximate surface area is 96.3 Å². The minimum Gasteiger partial charge on any atom is -0.481 e. The first-order chi connectivity index (χ1) is 7.51. The van der Waals surface area contributed by atoms with E-state index in [1.807, 2.05) is 18.5 Å². The van der Waals surface area contributed by atoms with Gasteiger partial charge >= 0.3 is 5.97 Å². The molecule has 0 aliphatic carbocycles. The summed E-state index contributed by atoms with van der Waals surface area (Å²) < 4.78 is 1.96. The molecule has 0 saturated carbocycles. The van der Waals surface area contributed by atoms with E-state index < -0.39 is 5.97 Å². The van der Waals surface area contributed by atoms with Crippen molar-refractivity contribution < 1.29 is 9.90 Å². The number of aryl methyl sites for hydroxylation is 1. The number of hydrogen-bond acceptors (Lipinski definition) is 2. The minimum absolute atomic E-state index is 0.0824. The van der Waals surface area contributed by atoms with Crippen molar-refractivity contribution in [2.75, 3.05) is 0 Å². The third kappa shape index (κ3) is 2.43. The molecule has 0 unspecified atom stereocenters. The van der Waals surface area contributed by atoms with Crippen LogP contribution in [0.15, 0.2) is 0 Å². The molecule has 0 bridgehead atoms. The lowest BCUT2D eigenvalue weighted by Gasteiger charge is -2.10. The van der Waals surface area contributed by atoms with Crippen molar-refractivity contribution in [1.82, 2.24) is 9.78 Å². The van der Waals surface area contributed by atoms with Gasteiger partial charge in [-0.15, -0.1) is 0 Å². The summed E-state index contributed by atoms with van der Waals surface area (Å²) in [6.45, 7) is 8.19. The van der Waals surface area contributed by atoms with Gasteiger partial charge in [-0.3, -0.25) is 9.48 Å². The molecule has 0 aromatic carbocycles. The van der Waals surface area contributed by atoms with Gasteiger partial charge in [0.05, 0.1) is 12.1 Å². The van der Waals surface area contributed by atoms with Crippen LogP contribution in [0.4, 0.5) is 0 Å². The largest absolute Gasteiger partial charge is 0.481 e. The average molecular weight is 224 g/mol. The Bertz CT molecular complexity index is 381. The van der Waals surface area contributed by atoms with Gasteiger partial charge in [-0.1, -0.05) is 13.8 Å². The van der Waals surface area contributed by atoms with Crippen molar-refractivity contribution in [3.63, 3.8) is 0 Å². The smallest absolute Gasteiger partial charge is 0.307 e. The summed E-state index contributed by atoms with van der Waals surface area (Å²) >= 11 is 0. The van der Waals surface area contributed by atoms with E-state index in [9.17, 15) is 4.79 Å². The van der Waals surface area contributed by atoms with Crippen LogP contribution in [0, 0.1) is 0 Å². The monoisotopic (exact) mass is 224 g/mol. The average Bonchev–Trinajstić information content (AvgIpc) is 2.55. The van der Waals surface area contributed by atoms with Crippen LogP contribution in [0.5, 0.6) is 0 Å². The fourth-order valence-corrected chi connectivity index (χ4v) is 2.00. The Morgan fingerprint density at radius 3 is 2.38 bits per heavy atom. The molecule has 0 saturated heterocycles. The van der Waals surface area contributed by atoms with E-state index in [1.54, 1.807) is 0 Å². The molecule has 4 nitrogen and oxygen atoms in total. The second-order valence-electron chi connectivity index (χ2n) is 4.19. The fraction of sp³-hybridized carbons (Fsp3) is 0.667. The van der Waals surface area contributed by atoms with E-state index >= 15 is 0 Å². The molecule has 1 aromatic rings. The Kier molecular flexibility index (Phi) is 4.10. The maximum atomic E-state index is 10.8. The van der Waals surface area contributed by atoms with Crippen LogP contribution in [0.2, 0.25) is 0 Å². The Morgan fingerprint density at radius 1 is 1.38 bits per heavy atom.